The molecular formula is C19H29NO2Si. The third kappa shape index (κ3) is 4.12. The first-order chi connectivity index (χ1) is 10.6. The van der Waals surface area contributed by atoms with Crippen LogP contribution in [-0.4, -0.2) is 26.4 Å². The van der Waals surface area contributed by atoms with Gasteiger partial charge in [0.25, 0.3) is 0 Å². The molecule has 23 heavy (non-hydrogen) atoms. The smallest absolute Gasteiger partial charge is 0.228 e. The van der Waals surface area contributed by atoms with Crippen molar-refractivity contribution in [1.29, 1.82) is 0 Å². The molecule has 0 saturated carbocycles. The molecule has 3 nitrogen and oxygen atoms in total. The lowest BCUT2D eigenvalue weighted by Gasteiger charge is -2.44. The molecule has 1 aliphatic heterocycles. The Balaban J connectivity index is 2.03. The second-order valence-electron chi connectivity index (χ2n) is 7.91. The Morgan fingerprint density at radius 2 is 1.83 bits per heavy atom. The first kappa shape index (κ1) is 18.0. The van der Waals surface area contributed by atoms with E-state index in [0.717, 1.165) is 5.56 Å². The van der Waals surface area contributed by atoms with Gasteiger partial charge < -0.3 is 9.74 Å². The molecule has 1 fully saturated rings. The SMILES string of the molecule is C[C@H](O[Si](C)(C)C(C)(C)C)[C@H]1C(=O)N[C@@H]1C=Cc1ccccc1. The van der Waals surface area contributed by atoms with Crippen LogP contribution < -0.4 is 5.32 Å². The van der Waals surface area contributed by atoms with E-state index in [9.17, 15) is 4.79 Å². The topological polar surface area (TPSA) is 38.3 Å². The number of amides is 1. The molecule has 0 spiro atoms. The van der Waals surface area contributed by atoms with Crippen molar-refractivity contribution in [2.75, 3.05) is 0 Å². The van der Waals surface area contributed by atoms with Crippen molar-refractivity contribution in [3.8, 4) is 0 Å². The zero-order valence-corrected chi connectivity index (χ0v) is 16.1. The Bertz CT molecular complexity index is 575. The maximum absolute atomic E-state index is 12.0. The zero-order chi connectivity index (χ0) is 17.3. The number of hydrogen-bond donors (Lipinski definition) is 1. The van der Waals surface area contributed by atoms with Gasteiger partial charge in [-0.2, -0.15) is 0 Å². The zero-order valence-electron chi connectivity index (χ0n) is 15.1. The molecule has 126 valence electrons. The van der Waals surface area contributed by atoms with Crippen molar-refractivity contribution in [3.63, 3.8) is 0 Å². The van der Waals surface area contributed by atoms with E-state index in [4.69, 9.17) is 4.43 Å². The summed E-state index contributed by atoms with van der Waals surface area (Å²) in [6.45, 7) is 13.2. The normalized spacial score (nSPS) is 23.5. The Kier molecular flexibility index (Phi) is 5.16. The van der Waals surface area contributed by atoms with Crippen LogP contribution in [0, 0.1) is 5.92 Å². The van der Waals surface area contributed by atoms with E-state index in [1.165, 1.54) is 0 Å². The molecular weight excluding hydrogens is 302 g/mol. The number of carbonyl (C=O) groups excluding carboxylic acids is 1. The molecule has 0 unspecified atom stereocenters. The van der Waals surface area contributed by atoms with E-state index in [0.29, 0.717) is 0 Å². The summed E-state index contributed by atoms with van der Waals surface area (Å²) in [6, 6.07) is 10.2. The van der Waals surface area contributed by atoms with Gasteiger partial charge in [0.1, 0.15) is 0 Å². The third-order valence-corrected chi connectivity index (χ3v) is 9.66. The number of benzene rings is 1. The van der Waals surface area contributed by atoms with Crippen molar-refractivity contribution in [1.82, 2.24) is 5.32 Å². The summed E-state index contributed by atoms with van der Waals surface area (Å²) in [5.41, 5.74) is 1.14. The number of hydrogen-bond acceptors (Lipinski definition) is 2. The standard InChI is InChI=1S/C19H29NO2Si/c1-14(22-23(5,6)19(2,3)4)17-16(20-18(17)21)13-12-15-10-8-7-9-11-15/h7-14,16-17H,1-6H3,(H,20,21)/t14-,16+,17+/m0/s1. The van der Waals surface area contributed by atoms with Crippen LogP contribution in [0.4, 0.5) is 0 Å². The number of rotatable bonds is 5. The van der Waals surface area contributed by atoms with Gasteiger partial charge in [0.05, 0.1) is 18.1 Å². The van der Waals surface area contributed by atoms with Crippen molar-refractivity contribution in [2.45, 2.75) is 58.0 Å². The number of β-lactam (4-membered cyclic amide) rings is 1. The highest BCUT2D eigenvalue weighted by molar-refractivity contribution is 6.74. The van der Waals surface area contributed by atoms with Gasteiger partial charge in [-0.25, -0.2) is 0 Å². The molecule has 0 bridgehead atoms. The van der Waals surface area contributed by atoms with Crippen LogP contribution in [0.25, 0.3) is 6.08 Å². The van der Waals surface area contributed by atoms with Crippen LogP contribution in [0.1, 0.15) is 33.3 Å². The number of nitrogens with one attached hydrogen (secondary N) is 1. The molecule has 0 aromatic heterocycles. The minimum atomic E-state index is -1.86. The van der Waals surface area contributed by atoms with Gasteiger partial charge in [0.2, 0.25) is 5.91 Å². The molecule has 1 aromatic carbocycles. The van der Waals surface area contributed by atoms with Gasteiger partial charge in [-0.15, -0.1) is 0 Å². The summed E-state index contributed by atoms with van der Waals surface area (Å²) in [7, 11) is -1.86. The molecule has 1 aromatic rings. The van der Waals surface area contributed by atoms with Crippen LogP contribution in [0.5, 0.6) is 0 Å². The Hall–Kier alpha value is -1.39. The lowest BCUT2D eigenvalue weighted by atomic mass is 9.85. The highest BCUT2D eigenvalue weighted by atomic mass is 28.4. The van der Waals surface area contributed by atoms with Crippen molar-refractivity contribution in [2.24, 2.45) is 5.92 Å². The lowest BCUT2D eigenvalue weighted by molar-refractivity contribution is -0.137. The van der Waals surface area contributed by atoms with Crippen molar-refractivity contribution in [3.05, 3.63) is 42.0 Å². The molecule has 1 aliphatic rings. The summed E-state index contributed by atoms with van der Waals surface area (Å²) in [5.74, 6) is 0.00279. The van der Waals surface area contributed by atoms with Crippen LogP contribution in [-0.2, 0) is 9.22 Å². The Morgan fingerprint density at radius 1 is 1.22 bits per heavy atom. The van der Waals surface area contributed by atoms with Gasteiger partial charge in [-0.3, -0.25) is 4.79 Å². The summed E-state index contributed by atoms with van der Waals surface area (Å²) in [6.07, 6.45) is 4.08. The summed E-state index contributed by atoms with van der Waals surface area (Å²) in [5, 5.41) is 3.13. The maximum atomic E-state index is 12.0. The van der Waals surface area contributed by atoms with E-state index in [2.05, 4.69) is 63.5 Å². The first-order valence-corrected chi connectivity index (χ1v) is 11.2. The predicted molar refractivity (Wildman–Crippen MR) is 98.6 cm³/mol. The van der Waals surface area contributed by atoms with Crippen LogP contribution >= 0.6 is 0 Å². The molecule has 0 aliphatic carbocycles. The quantitative estimate of drug-likeness (QED) is 0.648. The minimum absolute atomic E-state index is 0.0578. The van der Waals surface area contributed by atoms with Gasteiger partial charge in [0, 0.05) is 0 Å². The molecule has 1 amide bonds. The second-order valence-corrected chi connectivity index (χ2v) is 12.7. The average molecular weight is 332 g/mol. The number of carbonyl (C=O) groups is 1. The molecule has 0 radical (unpaired) electrons. The second kappa shape index (κ2) is 6.61. The molecule has 1 saturated heterocycles. The molecule has 4 heteroatoms. The van der Waals surface area contributed by atoms with Gasteiger partial charge in [0.15, 0.2) is 8.32 Å². The van der Waals surface area contributed by atoms with Crippen molar-refractivity contribution < 1.29 is 9.22 Å². The van der Waals surface area contributed by atoms with Crippen LogP contribution in [0.15, 0.2) is 36.4 Å². The lowest BCUT2D eigenvalue weighted by Crippen LogP contribution is -2.62. The summed E-state index contributed by atoms with van der Waals surface area (Å²) in [4.78, 5) is 12.0. The predicted octanol–water partition coefficient (Wildman–Crippen LogP) is 4.22. The Labute approximate surface area is 141 Å². The van der Waals surface area contributed by atoms with Gasteiger partial charge >= 0.3 is 0 Å². The average Bonchev–Trinajstić information content (AvgIpc) is 2.42. The molecule has 2 rings (SSSR count). The fourth-order valence-corrected chi connectivity index (χ4v) is 4.01. The fraction of sp³-hybridized carbons (Fsp3) is 0.526. The van der Waals surface area contributed by atoms with E-state index in [1.807, 2.05) is 25.1 Å². The van der Waals surface area contributed by atoms with E-state index in [-0.39, 0.29) is 29.0 Å². The van der Waals surface area contributed by atoms with E-state index in [1.54, 1.807) is 0 Å². The third-order valence-electron chi connectivity index (χ3n) is 5.09. The first-order valence-electron chi connectivity index (χ1n) is 8.33. The highest BCUT2D eigenvalue weighted by Crippen LogP contribution is 2.39. The van der Waals surface area contributed by atoms with Crippen LogP contribution in [0.3, 0.4) is 0 Å². The van der Waals surface area contributed by atoms with E-state index >= 15 is 0 Å². The van der Waals surface area contributed by atoms with Gasteiger partial charge in [-0.05, 0) is 30.6 Å². The van der Waals surface area contributed by atoms with E-state index < -0.39 is 8.32 Å². The minimum Gasteiger partial charge on any atom is -0.413 e. The maximum Gasteiger partial charge on any atom is 0.228 e. The van der Waals surface area contributed by atoms with Gasteiger partial charge in [-0.1, -0.05) is 63.3 Å². The largest absolute Gasteiger partial charge is 0.413 e. The van der Waals surface area contributed by atoms with Crippen molar-refractivity contribution >= 4 is 20.3 Å². The highest BCUT2D eigenvalue weighted by Gasteiger charge is 2.46. The summed E-state index contributed by atoms with van der Waals surface area (Å²) < 4.78 is 6.40. The Morgan fingerprint density at radius 3 is 2.35 bits per heavy atom. The molecule has 1 heterocycles. The molecule has 3 atom stereocenters. The molecule has 1 N–H and O–H groups in total. The fourth-order valence-electron chi connectivity index (χ4n) is 2.58. The van der Waals surface area contributed by atoms with Crippen LogP contribution in [0.2, 0.25) is 18.1 Å². The summed E-state index contributed by atoms with van der Waals surface area (Å²) >= 11 is 0. The monoisotopic (exact) mass is 331 g/mol.